The maximum Gasteiger partial charge on any atom is 0.320 e. The fraction of sp³-hybridized carbons (Fsp3) is 0.389. The van der Waals surface area contributed by atoms with Crippen molar-refractivity contribution in [2.24, 2.45) is 0 Å². The largest absolute Gasteiger partial charge is 0.496 e. The Bertz CT molecular complexity index is 741. The van der Waals surface area contributed by atoms with Crippen molar-refractivity contribution in [1.29, 1.82) is 0 Å². The highest BCUT2D eigenvalue weighted by Crippen LogP contribution is 2.45. The van der Waals surface area contributed by atoms with E-state index in [0.29, 0.717) is 17.9 Å². The van der Waals surface area contributed by atoms with Gasteiger partial charge in [-0.1, -0.05) is 6.07 Å². The van der Waals surface area contributed by atoms with Crippen LogP contribution in [0.4, 0.5) is 0 Å². The number of carboxylic acid groups (broad SMARTS) is 1. The fourth-order valence-electron chi connectivity index (χ4n) is 3.46. The smallest absolute Gasteiger partial charge is 0.320 e. The molecule has 1 aromatic carbocycles. The number of ether oxygens (including phenoxy) is 2. The van der Waals surface area contributed by atoms with Gasteiger partial charge in [0.15, 0.2) is 0 Å². The number of halogens is 1. The Labute approximate surface area is 159 Å². The lowest BCUT2D eigenvalue weighted by molar-refractivity contribution is -0.142. The molecule has 2 heterocycles. The standard InChI is InChI=1S/C18H20BrNO4S/c1-23-12-6-3-7-13(24-2)16(12)17(14-8-9-15(19)25-14)20-10-4-5-11(20)18(21)22/h3,6-9,11,17H,4-5,10H2,1-2H3,(H,21,22). The van der Waals surface area contributed by atoms with Crippen LogP contribution in [0.3, 0.4) is 0 Å². The molecule has 0 aliphatic carbocycles. The molecule has 1 aliphatic heterocycles. The third kappa shape index (κ3) is 3.54. The van der Waals surface area contributed by atoms with Crippen LogP contribution in [0.25, 0.3) is 0 Å². The van der Waals surface area contributed by atoms with Crippen molar-refractivity contribution < 1.29 is 19.4 Å². The summed E-state index contributed by atoms with van der Waals surface area (Å²) in [5, 5.41) is 9.67. The topological polar surface area (TPSA) is 59.0 Å². The second kappa shape index (κ2) is 7.76. The molecule has 2 atom stereocenters. The summed E-state index contributed by atoms with van der Waals surface area (Å²) in [6.45, 7) is 0.721. The third-order valence-electron chi connectivity index (χ3n) is 4.51. The average Bonchev–Trinajstić information content (AvgIpc) is 3.25. The zero-order valence-electron chi connectivity index (χ0n) is 14.1. The lowest BCUT2D eigenvalue weighted by atomic mass is 10.00. The molecule has 0 spiro atoms. The molecular formula is C18H20BrNO4S. The monoisotopic (exact) mass is 425 g/mol. The van der Waals surface area contributed by atoms with Crippen molar-refractivity contribution in [3.8, 4) is 11.5 Å². The Kier molecular flexibility index (Phi) is 5.66. The lowest BCUT2D eigenvalue weighted by Crippen LogP contribution is -2.39. The zero-order valence-corrected chi connectivity index (χ0v) is 16.5. The Balaban J connectivity index is 2.18. The van der Waals surface area contributed by atoms with E-state index in [1.54, 1.807) is 25.6 Å². The molecule has 3 rings (SSSR count). The van der Waals surface area contributed by atoms with Gasteiger partial charge in [-0.2, -0.15) is 0 Å². The molecule has 1 aromatic heterocycles. The first-order valence-electron chi connectivity index (χ1n) is 8.01. The van der Waals surface area contributed by atoms with Crippen LogP contribution < -0.4 is 9.47 Å². The summed E-state index contributed by atoms with van der Waals surface area (Å²) in [6, 6.07) is 8.93. The number of hydrogen-bond acceptors (Lipinski definition) is 5. The molecule has 1 aliphatic rings. The predicted octanol–water partition coefficient (Wildman–Crippen LogP) is 4.17. The first-order valence-corrected chi connectivity index (χ1v) is 9.62. The minimum absolute atomic E-state index is 0.231. The molecule has 1 saturated heterocycles. The summed E-state index contributed by atoms with van der Waals surface area (Å²) in [5.41, 5.74) is 0.870. The Hall–Kier alpha value is -1.57. The van der Waals surface area contributed by atoms with Gasteiger partial charge >= 0.3 is 5.97 Å². The average molecular weight is 426 g/mol. The van der Waals surface area contributed by atoms with E-state index in [2.05, 4.69) is 15.9 Å². The first kappa shape index (κ1) is 18.2. The number of thiophene rings is 1. The summed E-state index contributed by atoms with van der Waals surface area (Å²) in [6.07, 6.45) is 1.51. The number of nitrogens with zero attached hydrogens (tertiary/aromatic N) is 1. The number of methoxy groups -OCH3 is 2. The number of carboxylic acids is 1. The van der Waals surface area contributed by atoms with E-state index in [4.69, 9.17) is 9.47 Å². The highest BCUT2D eigenvalue weighted by atomic mass is 79.9. The molecule has 2 aromatic rings. The lowest BCUT2D eigenvalue weighted by Gasteiger charge is -2.32. The van der Waals surface area contributed by atoms with Gasteiger partial charge in [-0.25, -0.2) is 0 Å². The van der Waals surface area contributed by atoms with Gasteiger partial charge < -0.3 is 14.6 Å². The molecule has 0 amide bonds. The summed E-state index contributed by atoms with van der Waals surface area (Å²) in [7, 11) is 3.25. The van der Waals surface area contributed by atoms with Gasteiger partial charge in [0.25, 0.3) is 0 Å². The Morgan fingerprint density at radius 1 is 1.28 bits per heavy atom. The van der Waals surface area contributed by atoms with Crippen molar-refractivity contribution in [2.45, 2.75) is 24.9 Å². The van der Waals surface area contributed by atoms with Crippen LogP contribution in [0.15, 0.2) is 34.1 Å². The van der Waals surface area contributed by atoms with E-state index in [9.17, 15) is 9.90 Å². The molecule has 7 heteroatoms. The third-order valence-corrected chi connectivity index (χ3v) is 6.19. The number of hydrogen-bond donors (Lipinski definition) is 1. The number of likely N-dealkylation sites (tertiary alicyclic amines) is 1. The van der Waals surface area contributed by atoms with Gasteiger partial charge in [0.05, 0.1) is 29.6 Å². The molecule has 1 N–H and O–H groups in total. The number of rotatable bonds is 6. The summed E-state index contributed by atoms with van der Waals surface area (Å²) < 4.78 is 12.2. The second-order valence-electron chi connectivity index (χ2n) is 5.85. The van der Waals surface area contributed by atoms with Gasteiger partial charge in [-0.15, -0.1) is 11.3 Å². The van der Waals surface area contributed by atoms with Crippen molar-refractivity contribution in [3.05, 3.63) is 44.6 Å². The minimum Gasteiger partial charge on any atom is -0.496 e. The van der Waals surface area contributed by atoms with E-state index in [0.717, 1.165) is 27.2 Å². The molecule has 5 nitrogen and oxygen atoms in total. The van der Waals surface area contributed by atoms with Crippen molar-refractivity contribution >= 4 is 33.2 Å². The van der Waals surface area contributed by atoms with Gasteiger partial charge in [0.1, 0.15) is 17.5 Å². The Morgan fingerprint density at radius 3 is 2.48 bits per heavy atom. The molecule has 0 saturated carbocycles. The molecule has 134 valence electrons. The molecular weight excluding hydrogens is 406 g/mol. The molecule has 0 bridgehead atoms. The second-order valence-corrected chi connectivity index (χ2v) is 8.35. The van der Waals surface area contributed by atoms with E-state index in [1.165, 1.54) is 0 Å². The maximum absolute atomic E-state index is 11.8. The van der Waals surface area contributed by atoms with E-state index < -0.39 is 12.0 Å². The molecule has 25 heavy (non-hydrogen) atoms. The first-order chi connectivity index (χ1) is 12.1. The summed E-state index contributed by atoms with van der Waals surface area (Å²) >= 11 is 5.12. The van der Waals surface area contributed by atoms with Crippen LogP contribution in [-0.4, -0.2) is 42.8 Å². The van der Waals surface area contributed by atoms with E-state index in [-0.39, 0.29) is 6.04 Å². The summed E-state index contributed by atoms with van der Waals surface area (Å²) in [5.74, 6) is 0.613. The molecule has 1 fully saturated rings. The van der Waals surface area contributed by atoms with Crippen LogP contribution in [0.2, 0.25) is 0 Å². The normalized spacial score (nSPS) is 18.9. The van der Waals surface area contributed by atoms with Crippen LogP contribution in [0.1, 0.15) is 29.3 Å². The van der Waals surface area contributed by atoms with Crippen LogP contribution in [0.5, 0.6) is 11.5 Å². The quantitative estimate of drug-likeness (QED) is 0.752. The van der Waals surface area contributed by atoms with Crippen LogP contribution in [-0.2, 0) is 4.79 Å². The maximum atomic E-state index is 11.8. The number of benzene rings is 1. The van der Waals surface area contributed by atoms with Crippen molar-refractivity contribution in [2.75, 3.05) is 20.8 Å². The van der Waals surface area contributed by atoms with Gasteiger partial charge in [-0.05, 0) is 53.0 Å². The van der Waals surface area contributed by atoms with Crippen LogP contribution >= 0.6 is 27.3 Å². The van der Waals surface area contributed by atoms with Crippen molar-refractivity contribution in [1.82, 2.24) is 4.90 Å². The minimum atomic E-state index is -0.785. The zero-order chi connectivity index (χ0) is 18.0. The van der Waals surface area contributed by atoms with Crippen molar-refractivity contribution in [3.63, 3.8) is 0 Å². The molecule has 2 unspecified atom stereocenters. The number of aliphatic carboxylic acids is 1. The molecule has 0 radical (unpaired) electrons. The van der Waals surface area contributed by atoms with E-state index in [1.807, 2.05) is 35.2 Å². The van der Waals surface area contributed by atoms with Crippen LogP contribution in [0, 0.1) is 0 Å². The predicted molar refractivity (Wildman–Crippen MR) is 101 cm³/mol. The van der Waals surface area contributed by atoms with E-state index >= 15 is 0 Å². The van der Waals surface area contributed by atoms with Gasteiger partial charge in [0, 0.05) is 11.4 Å². The highest BCUT2D eigenvalue weighted by Gasteiger charge is 2.39. The highest BCUT2D eigenvalue weighted by molar-refractivity contribution is 9.11. The summed E-state index contributed by atoms with van der Waals surface area (Å²) in [4.78, 5) is 14.9. The number of carbonyl (C=O) groups is 1. The fourth-order valence-corrected chi connectivity index (χ4v) is 5.01. The SMILES string of the molecule is COc1cccc(OC)c1C(c1ccc(Br)s1)N1CCCC1C(=O)O. The Morgan fingerprint density at radius 2 is 1.96 bits per heavy atom. The van der Waals surface area contributed by atoms with Gasteiger partial charge in [-0.3, -0.25) is 9.69 Å². The van der Waals surface area contributed by atoms with Gasteiger partial charge in [0.2, 0.25) is 0 Å².